The fourth-order valence-electron chi connectivity index (χ4n) is 0.896. The monoisotopic (exact) mass is 202 g/mol. The number of ether oxygens (including phenoxy) is 1. The molecule has 0 aromatic heterocycles. The van der Waals surface area contributed by atoms with E-state index in [1.807, 2.05) is 25.8 Å². The zero-order valence-electron chi connectivity index (χ0n) is 9.91. The molecule has 0 fully saturated rings. The molecule has 4 nitrogen and oxygen atoms in total. The Morgan fingerprint density at radius 2 is 1.86 bits per heavy atom. The number of carbonyl (C=O) groups excluding carboxylic acids is 1. The summed E-state index contributed by atoms with van der Waals surface area (Å²) in [4.78, 5) is 14.9. The first-order chi connectivity index (χ1) is 6.43. The maximum absolute atomic E-state index is 11.3. The van der Waals surface area contributed by atoms with Crippen LogP contribution < -0.4 is 0 Å². The van der Waals surface area contributed by atoms with Gasteiger partial charge in [0.2, 0.25) is 5.91 Å². The Balaban J connectivity index is 3.55. The molecule has 0 N–H and O–H groups in total. The van der Waals surface area contributed by atoms with Crippen LogP contribution in [0.15, 0.2) is 0 Å². The Morgan fingerprint density at radius 3 is 2.29 bits per heavy atom. The zero-order chi connectivity index (χ0) is 11.1. The second kappa shape index (κ2) is 6.79. The Labute approximate surface area is 86.8 Å². The van der Waals surface area contributed by atoms with E-state index in [0.29, 0.717) is 13.2 Å². The van der Waals surface area contributed by atoms with Crippen molar-refractivity contribution in [3.8, 4) is 0 Å². The number of hydrogen-bond acceptors (Lipinski definition) is 3. The maximum atomic E-state index is 11.3. The van der Waals surface area contributed by atoms with Crippen LogP contribution in [0, 0.1) is 0 Å². The summed E-state index contributed by atoms with van der Waals surface area (Å²) in [6, 6.07) is 0. The topological polar surface area (TPSA) is 32.8 Å². The first-order valence-electron chi connectivity index (χ1n) is 4.93. The van der Waals surface area contributed by atoms with Crippen LogP contribution in [0.4, 0.5) is 0 Å². The van der Waals surface area contributed by atoms with Gasteiger partial charge in [0.25, 0.3) is 0 Å². The predicted molar refractivity (Wildman–Crippen MR) is 57.3 cm³/mol. The predicted octanol–water partition coefficient (Wildman–Crippen LogP) is 0.431. The SMILES string of the molecule is CC(C)OCCN(C)CC(=O)N(C)C. The van der Waals surface area contributed by atoms with Gasteiger partial charge in [-0.25, -0.2) is 0 Å². The van der Waals surface area contributed by atoms with E-state index in [9.17, 15) is 4.79 Å². The minimum atomic E-state index is 0.122. The van der Waals surface area contributed by atoms with Crippen LogP contribution in [0.2, 0.25) is 0 Å². The van der Waals surface area contributed by atoms with E-state index in [-0.39, 0.29) is 12.0 Å². The number of rotatable bonds is 6. The van der Waals surface area contributed by atoms with Crippen molar-refractivity contribution < 1.29 is 9.53 Å². The maximum Gasteiger partial charge on any atom is 0.236 e. The molecule has 14 heavy (non-hydrogen) atoms. The summed E-state index contributed by atoms with van der Waals surface area (Å²) in [7, 11) is 5.45. The third-order valence-corrected chi connectivity index (χ3v) is 1.83. The molecule has 0 aliphatic heterocycles. The van der Waals surface area contributed by atoms with Crippen LogP contribution in [-0.4, -0.2) is 62.7 Å². The van der Waals surface area contributed by atoms with E-state index in [1.54, 1.807) is 19.0 Å². The highest BCUT2D eigenvalue weighted by Crippen LogP contribution is 1.90. The van der Waals surface area contributed by atoms with Crippen LogP contribution in [0.3, 0.4) is 0 Å². The Morgan fingerprint density at radius 1 is 1.29 bits per heavy atom. The number of hydrogen-bond donors (Lipinski definition) is 0. The molecule has 0 atom stereocenters. The van der Waals surface area contributed by atoms with Gasteiger partial charge in [0, 0.05) is 20.6 Å². The highest BCUT2D eigenvalue weighted by Gasteiger charge is 2.07. The van der Waals surface area contributed by atoms with Crippen LogP contribution in [-0.2, 0) is 9.53 Å². The zero-order valence-corrected chi connectivity index (χ0v) is 9.91. The molecule has 0 radical (unpaired) electrons. The lowest BCUT2D eigenvalue weighted by atomic mass is 10.4. The summed E-state index contributed by atoms with van der Waals surface area (Å²) < 4.78 is 5.39. The summed E-state index contributed by atoms with van der Waals surface area (Å²) in [6.45, 7) is 5.93. The molecule has 0 aliphatic rings. The van der Waals surface area contributed by atoms with Crippen LogP contribution in [0.5, 0.6) is 0 Å². The van der Waals surface area contributed by atoms with E-state index in [1.165, 1.54) is 0 Å². The van der Waals surface area contributed by atoms with E-state index < -0.39 is 0 Å². The van der Waals surface area contributed by atoms with Gasteiger partial charge in [-0.1, -0.05) is 0 Å². The van der Waals surface area contributed by atoms with Gasteiger partial charge in [0.05, 0.1) is 19.3 Å². The Bertz CT molecular complexity index is 170. The van der Waals surface area contributed by atoms with Crippen molar-refractivity contribution in [2.24, 2.45) is 0 Å². The molecular weight excluding hydrogens is 180 g/mol. The van der Waals surface area contributed by atoms with Gasteiger partial charge in [-0.2, -0.15) is 0 Å². The van der Waals surface area contributed by atoms with Crippen molar-refractivity contribution in [2.75, 3.05) is 40.8 Å². The molecule has 1 amide bonds. The largest absolute Gasteiger partial charge is 0.377 e. The van der Waals surface area contributed by atoms with Crippen molar-refractivity contribution in [3.05, 3.63) is 0 Å². The Hall–Kier alpha value is -0.610. The van der Waals surface area contributed by atoms with Crippen LogP contribution in [0.1, 0.15) is 13.8 Å². The molecule has 0 saturated heterocycles. The summed E-state index contributed by atoms with van der Waals surface area (Å²) in [6.07, 6.45) is 0.257. The van der Waals surface area contributed by atoms with E-state index in [0.717, 1.165) is 6.54 Å². The van der Waals surface area contributed by atoms with E-state index in [2.05, 4.69) is 0 Å². The molecule has 0 spiro atoms. The van der Waals surface area contributed by atoms with Crippen molar-refractivity contribution in [1.82, 2.24) is 9.80 Å². The lowest BCUT2D eigenvalue weighted by Crippen LogP contribution is -2.36. The fourth-order valence-corrected chi connectivity index (χ4v) is 0.896. The van der Waals surface area contributed by atoms with Gasteiger partial charge in [-0.3, -0.25) is 9.69 Å². The average Bonchev–Trinajstić information content (AvgIpc) is 2.02. The minimum Gasteiger partial charge on any atom is -0.377 e. The highest BCUT2D eigenvalue weighted by molar-refractivity contribution is 5.77. The number of carbonyl (C=O) groups is 1. The molecule has 0 heterocycles. The number of likely N-dealkylation sites (N-methyl/N-ethyl adjacent to an activating group) is 2. The first kappa shape index (κ1) is 13.4. The highest BCUT2D eigenvalue weighted by atomic mass is 16.5. The van der Waals surface area contributed by atoms with Gasteiger partial charge in [-0.15, -0.1) is 0 Å². The van der Waals surface area contributed by atoms with Crippen molar-refractivity contribution in [2.45, 2.75) is 20.0 Å². The van der Waals surface area contributed by atoms with Crippen LogP contribution >= 0.6 is 0 Å². The third-order valence-electron chi connectivity index (χ3n) is 1.83. The normalized spacial score (nSPS) is 11.1. The molecule has 0 saturated carbocycles. The third kappa shape index (κ3) is 6.86. The van der Waals surface area contributed by atoms with E-state index in [4.69, 9.17) is 4.74 Å². The van der Waals surface area contributed by atoms with Crippen LogP contribution in [0.25, 0.3) is 0 Å². The Kier molecular flexibility index (Phi) is 6.49. The smallest absolute Gasteiger partial charge is 0.236 e. The minimum absolute atomic E-state index is 0.122. The van der Waals surface area contributed by atoms with Gasteiger partial charge >= 0.3 is 0 Å². The fraction of sp³-hybridized carbons (Fsp3) is 0.900. The molecule has 84 valence electrons. The summed E-state index contributed by atoms with van der Waals surface area (Å²) >= 11 is 0. The second-order valence-corrected chi connectivity index (χ2v) is 3.95. The van der Waals surface area contributed by atoms with Gasteiger partial charge in [-0.05, 0) is 20.9 Å². The van der Waals surface area contributed by atoms with Crippen molar-refractivity contribution >= 4 is 5.91 Å². The van der Waals surface area contributed by atoms with Gasteiger partial charge in [0.1, 0.15) is 0 Å². The van der Waals surface area contributed by atoms with Crippen molar-refractivity contribution in [3.63, 3.8) is 0 Å². The lowest BCUT2D eigenvalue weighted by Gasteiger charge is -2.19. The molecule has 0 aliphatic carbocycles. The molecule has 0 rings (SSSR count). The van der Waals surface area contributed by atoms with Gasteiger partial charge < -0.3 is 9.64 Å². The molecule has 0 aromatic rings. The number of nitrogens with zero attached hydrogens (tertiary/aromatic N) is 2. The summed E-state index contributed by atoms with van der Waals surface area (Å²) in [5.74, 6) is 0.122. The second-order valence-electron chi connectivity index (χ2n) is 3.95. The average molecular weight is 202 g/mol. The number of amides is 1. The van der Waals surface area contributed by atoms with Crippen molar-refractivity contribution in [1.29, 1.82) is 0 Å². The molecule has 0 bridgehead atoms. The summed E-state index contributed by atoms with van der Waals surface area (Å²) in [5, 5.41) is 0. The quantitative estimate of drug-likeness (QED) is 0.626. The van der Waals surface area contributed by atoms with E-state index >= 15 is 0 Å². The standard InChI is InChI=1S/C10H22N2O2/c1-9(2)14-7-6-12(5)8-10(13)11(3)4/h9H,6-8H2,1-5H3. The first-order valence-corrected chi connectivity index (χ1v) is 4.93. The molecule has 0 aromatic carbocycles. The molecular formula is C10H22N2O2. The molecule has 0 unspecified atom stereocenters. The summed E-state index contributed by atoms with van der Waals surface area (Å²) in [5.41, 5.74) is 0. The van der Waals surface area contributed by atoms with Gasteiger partial charge in [0.15, 0.2) is 0 Å². The molecule has 4 heteroatoms. The lowest BCUT2D eigenvalue weighted by molar-refractivity contribution is -0.129.